The van der Waals surface area contributed by atoms with Crippen molar-refractivity contribution in [3.8, 4) is 0 Å². The quantitative estimate of drug-likeness (QED) is 0.787. The zero-order valence-corrected chi connectivity index (χ0v) is 11.3. The van der Waals surface area contributed by atoms with E-state index in [0.717, 1.165) is 21.8 Å². The molecule has 3 heterocycles. The minimum absolute atomic E-state index is 0.679. The van der Waals surface area contributed by atoms with Crippen LogP contribution in [0.3, 0.4) is 0 Å². The predicted molar refractivity (Wildman–Crippen MR) is 65.9 cm³/mol. The van der Waals surface area contributed by atoms with Crippen molar-refractivity contribution in [2.24, 2.45) is 0 Å². The van der Waals surface area contributed by atoms with Crippen LogP contribution in [0.25, 0.3) is 12.2 Å². The second-order valence-electron chi connectivity index (χ2n) is 3.99. The topological polar surface area (TPSA) is 43.8 Å². The van der Waals surface area contributed by atoms with Crippen LogP contribution in [0.4, 0.5) is 16.2 Å². The van der Waals surface area contributed by atoms with E-state index in [9.17, 15) is 9.90 Å². The monoisotopic (exact) mass is 384 g/mol. The SMILES string of the molecule is O=[C](O)[Tb]1[N]2C=CC=c3ccc4c(c32)[N]1C=CC=4. The molecule has 3 aliphatic heterocycles. The van der Waals surface area contributed by atoms with Gasteiger partial charge in [-0.2, -0.15) is 0 Å². The minimum atomic E-state index is -2.57. The number of rotatable bonds is 1. The maximum atomic E-state index is 11.6. The molecular weight excluding hydrogens is 375 g/mol. The summed E-state index contributed by atoms with van der Waals surface area (Å²) in [6.45, 7) is 0. The fourth-order valence-corrected chi connectivity index (χ4v) is 6.61. The number of nitrogens with zero attached hydrogens (tertiary/aromatic N) is 2. The van der Waals surface area contributed by atoms with Gasteiger partial charge in [-0.05, 0) is 0 Å². The van der Waals surface area contributed by atoms with Crippen molar-refractivity contribution in [1.82, 2.24) is 0 Å². The van der Waals surface area contributed by atoms with Crippen molar-refractivity contribution < 1.29 is 43.3 Å². The van der Waals surface area contributed by atoms with Crippen LogP contribution in [0, 0.1) is 33.4 Å². The molecule has 0 aliphatic carbocycles. The van der Waals surface area contributed by atoms with Crippen LogP contribution >= 0.6 is 0 Å². The average molecular weight is 384 g/mol. The molecule has 0 saturated heterocycles. The molecule has 1 aromatic rings. The fourth-order valence-electron chi connectivity index (χ4n) is 2.34. The number of benzene rings is 1. The Balaban J connectivity index is 2.13. The Morgan fingerprint density at radius 3 is 1.94 bits per heavy atom. The molecule has 4 nitrogen and oxygen atoms in total. The van der Waals surface area contributed by atoms with Gasteiger partial charge in [-0.15, -0.1) is 0 Å². The molecule has 0 atom stereocenters. The molecule has 1 N–H and O–H groups in total. The molecule has 4 rings (SSSR count). The molecule has 18 heavy (non-hydrogen) atoms. The van der Waals surface area contributed by atoms with E-state index in [0.29, 0.717) is 0 Å². The van der Waals surface area contributed by atoms with E-state index in [2.05, 4.69) is 12.1 Å². The normalized spacial score (nSPS) is 19.4. The molecule has 1 aromatic carbocycles. The van der Waals surface area contributed by atoms with E-state index >= 15 is 0 Å². The number of hydrogen-bond donors (Lipinski definition) is 1. The molecule has 92 valence electrons. The van der Waals surface area contributed by atoms with Crippen molar-refractivity contribution in [3.05, 3.63) is 47.1 Å². The zero-order chi connectivity index (χ0) is 12.3. The van der Waals surface area contributed by atoms with Gasteiger partial charge in [0, 0.05) is 0 Å². The summed E-state index contributed by atoms with van der Waals surface area (Å²) < 4.78 is 3.29. The average Bonchev–Trinajstić information content (AvgIpc) is 2.72. The summed E-state index contributed by atoms with van der Waals surface area (Å²) in [6.07, 6.45) is 11.7. The van der Waals surface area contributed by atoms with Crippen LogP contribution in [-0.4, -0.2) is 7.05 Å². The first-order valence-electron chi connectivity index (χ1n) is 5.43. The Labute approximate surface area is 117 Å². The summed E-state index contributed by atoms with van der Waals surface area (Å²) >= 11 is -2.57. The summed E-state index contributed by atoms with van der Waals surface area (Å²) in [7, 11) is 0. The standard InChI is InChI=1S/C12H8N2.CHO2.Tb/c1-3-9-5-6-10-4-2-8-14-12(10)11(9)13-7-1;2-1-3;/h1-8H;(H,2,3);/q-2;;+2. The van der Waals surface area contributed by atoms with E-state index < -0.39 is 35.4 Å². The summed E-state index contributed by atoms with van der Waals surface area (Å²) in [5.41, 5.74) is 2.13. The van der Waals surface area contributed by atoms with E-state index in [1.165, 1.54) is 0 Å². The Bertz CT molecular complexity index is 694. The number of anilines is 2. The maximum absolute atomic E-state index is 11.6. The second-order valence-corrected chi connectivity index (χ2v) is 8.35. The van der Waals surface area contributed by atoms with Gasteiger partial charge in [0.1, 0.15) is 0 Å². The first kappa shape index (κ1) is 10.7. The van der Waals surface area contributed by atoms with Gasteiger partial charge in [0.15, 0.2) is 0 Å². The van der Waals surface area contributed by atoms with Gasteiger partial charge in [-0.3, -0.25) is 0 Å². The van der Waals surface area contributed by atoms with Gasteiger partial charge in [-0.25, -0.2) is 0 Å². The fraction of sp³-hybridized carbons (Fsp3) is 0. The summed E-state index contributed by atoms with van der Waals surface area (Å²) in [5.74, 6) is 0. The van der Waals surface area contributed by atoms with Crippen molar-refractivity contribution in [2.75, 3.05) is 2.55 Å². The van der Waals surface area contributed by atoms with E-state index in [1.54, 1.807) is 0 Å². The molecule has 3 aliphatic rings. The van der Waals surface area contributed by atoms with Gasteiger partial charge < -0.3 is 0 Å². The molecule has 0 fully saturated rings. The van der Waals surface area contributed by atoms with Gasteiger partial charge in [0.25, 0.3) is 0 Å². The van der Waals surface area contributed by atoms with Crippen LogP contribution in [-0.2, 0) is 0 Å². The molecule has 0 saturated carbocycles. The third kappa shape index (κ3) is 1.23. The molecule has 0 bridgehead atoms. The van der Waals surface area contributed by atoms with Crippen LogP contribution in [0.15, 0.2) is 36.7 Å². The molecule has 0 amide bonds. The predicted octanol–water partition coefficient (Wildman–Crippen LogP) is 1.06. The first-order valence-corrected chi connectivity index (χ1v) is 8.41. The van der Waals surface area contributed by atoms with E-state index in [-0.39, 0.29) is 0 Å². The summed E-state index contributed by atoms with van der Waals surface area (Å²) in [5, 5.41) is 11.7. The molecular formula is C13H9N2O2Tb. The number of hydrogen-bond acceptors (Lipinski definition) is 3. The molecule has 0 aromatic heterocycles. The zero-order valence-electron chi connectivity index (χ0n) is 9.20. The van der Waals surface area contributed by atoms with Gasteiger partial charge in [0.05, 0.1) is 0 Å². The third-order valence-corrected chi connectivity index (χ3v) is 7.39. The van der Waals surface area contributed by atoms with Crippen molar-refractivity contribution in [1.29, 1.82) is 0 Å². The van der Waals surface area contributed by atoms with Crippen LogP contribution in [0.5, 0.6) is 0 Å². The van der Waals surface area contributed by atoms with Gasteiger partial charge >= 0.3 is 118 Å². The summed E-state index contributed by atoms with van der Waals surface area (Å²) in [4.78, 5) is 11.6. The summed E-state index contributed by atoms with van der Waals surface area (Å²) in [6, 6.07) is 4.11. The van der Waals surface area contributed by atoms with Crippen LogP contribution in [0.2, 0.25) is 0 Å². The number of allylic oxidation sites excluding steroid dienone is 2. The van der Waals surface area contributed by atoms with Crippen molar-refractivity contribution >= 4 is 25.5 Å². The molecule has 5 heteroatoms. The molecule has 0 radical (unpaired) electrons. The Morgan fingerprint density at radius 1 is 1.00 bits per heavy atom. The van der Waals surface area contributed by atoms with Crippen molar-refractivity contribution in [2.45, 2.75) is 0 Å². The Hall–Kier alpha value is -1.20. The second kappa shape index (κ2) is 3.65. The number of carboxylic acid groups (broad SMARTS) is 1. The Morgan fingerprint density at radius 2 is 1.50 bits per heavy atom. The third-order valence-electron chi connectivity index (χ3n) is 3.02. The van der Waals surface area contributed by atoms with E-state index in [4.69, 9.17) is 0 Å². The van der Waals surface area contributed by atoms with Crippen molar-refractivity contribution in [3.63, 3.8) is 0 Å². The molecule has 0 unspecified atom stereocenters. The van der Waals surface area contributed by atoms with Gasteiger partial charge in [0.2, 0.25) is 0 Å². The first-order chi connectivity index (χ1) is 8.77. The molecule has 0 spiro atoms. The van der Waals surface area contributed by atoms with Gasteiger partial charge in [-0.1, -0.05) is 0 Å². The van der Waals surface area contributed by atoms with E-state index in [1.807, 2.05) is 39.3 Å². The number of carbonyl (C=O) groups is 1. The van der Waals surface area contributed by atoms with Crippen LogP contribution in [0.1, 0.15) is 0 Å². The van der Waals surface area contributed by atoms with Crippen LogP contribution < -0.4 is 13.0 Å². The Kier molecular flexibility index (Phi) is 2.17.